The van der Waals surface area contributed by atoms with Gasteiger partial charge in [-0.1, -0.05) is 230 Å². The van der Waals surface area contributed by atoms with Crippen LogP contribution in [0.2, 0.25) is 0 Å². The Hall–Kier alpha value is -11.6. The molecule has 0 fully saturated rings. The zero-order chi connectivity index (χ0) is 62.4. The minimum atomic E-state index is -0.670. The molecule has 0 amide bonds. The number of para-hydroxylation sites is 8. The molecule has 14 aromatic rings. The van der Waals surface area contributed by atoms with Crippen molar-refractivity contribution in [1.29, 1.82) is 0 Å². The summed E-state index contributed by atoms with van der Waals surface area (Å²) in [5.74, 6) is -1.34. The van der Waals surface area contributed by atoms with Gasteiger partial charge in [-0.2, -0.15) is 0 Å². The molecular formula is C84H55B2F2N5S. The van der Waals surface area contributed by atoms with Crippen LogP contribution in [0.1, 0.15) is 0 Å². The smallest absolute Gasteiger partial charge is 0.252 e. The van der Waals surface area contributed by atoms with Crippen LogP contribution in [0.15, 0.2) is 343 Å². The van der Waals surface area contributed by atoms with Crippen molar-refractivity contribution in [3.05, 3.63) is 345 Å². The zero-order valence-electron chi connectivity index (χ0n) is 50.8. The van der Waals surface area contributed by atoms with E-state index in [2.05, 4.69) is 317 Å². The lowest BCUT2D eigenvalue weighted by Crippen LogP contribution is -2.64. The molecule has 0 aromatic heterocycles. The minimum Gasteiger partial charge on any atom is -0.311 e. The third-order valence-corrected chi connectivity index (χ3v) is 20.1. The van der Waals surface area contributed by atoms with E-state index in [4.69, 9.17) is 0 Å². The fourth-order valence-electron chi connectivity index (χ4n) is 15.0. The molecular weight excluding hydrogens is 1170 g/mol. The normalized spacial score (nSPS) is 12.9. The van der Waals surface area contributed by atoms with Gasteiger partial charge in [0.1, 0.15) is 17.3 Å². The Kier molecular flexibility index (Phi) is 13.3. The van der Waals surface area contributed by atoms with E-state index in [1.165, 1.54) is 29.1 Å². The quantitative estimate of drug-likeness (QED) is 0.119. The molecule has 0 spiro atoms. The fraction of sp³-hybridized carbons (Fsp3) is 0. The molecule has 0 saturated heterocycles. The Morgan fingerprint density at radius 1 is 0.277 bits per heavy atom. The monoisotopic (exact) mass is 1230 g/mol. The van der Waals surface area contributed by atoms with Crippen molar-refractivity contribution in [3.63, 3.8) is 0 Å². The predicted octanol–water partition coefficient (Wildman–Crippen LogP) is 19.1. The molecule has 14 aromatic carbocycles. The van der Waals surface area contributed by atoms with Crippen molar-refractivity contribution in [2.45, 2.75) is 9.79 Å². The van der Waals surface area contributed by atoms with Crippen LogP contribution in [0.5, 0.6) is 0 Å². The van der Waals surface area contributed by atoms with Crippen LogP contribution in [0.4, 0.5) is 94.1 Å². The number of fused-ring (bicyclic) bond motifs is 8. The SMILES string of the molecule is Fc1cccc(F)c1N1c2cc3c(cc2B2c4ccccc4N(c4ccccc4)c4cc(N(c5ccc(-c6ccccc6)cc5)c5ccccc5-c5ccccc5)cc1c42)B1c2ccccc2N(c2ccccc2)c2cc(N(c4ccccc4)c4ccccc4)cc(c21)S3. The van der Waals surface area contributed by atoms with Crippen LogP contribution in [0.25, 0.3) is 22.3 Å². The van der Waals surface area contributed by atoms with Crippen LogP contribution in [0, 0.1) is 11.6 Å². The topological polar surface area (TPSA) is 16.2 Å². The number of anilines is 15. The summed E-state index contributed by atoms with van der Waals surface area (Å²) in [7, 11) is 0. The summed E-state index contributed by atoms with van der Waals surface area (Å²) in [5, 5.41) is 0. The van der Waals surface area contributed by atoms with E-state index < -0.39 is 18.3 Å². The number of hydrogen-bond acceptors (Lipinski definition) is 6. The number of rotatable bonds is 11. The molecule has 0 unspecified atom stereocenters. The molecule has 0 atom stereocenters. The molecule has 94 heavy (non-hydrogen) atoms. The molecule has 442 valence electrons. The Morgan fingerprint density at radius 2 is 0.723 bits per heavy atom. The van der Waals surface area contributed by atoms with Gasteiger partial charge in [-0.15, -0.1) is 0 Å². The first-order valence-corrected chi connectivity index (χ1v) is 32.7. The first kappa shape index (κ1) is 55.3. The molecule has 5 nitrogen and oxygen atoms in total. The second-order valence-electron chi connectivity index (χ2n) is 24.2. The molecule has 0 N–H and O–H groups in total. The third kappa shape index (κ3) is 9.00. The summed E-state index contributed by atoms with van der Waals surface area (Å²) in [5.41, 5.74) is 23.8. The first-order valence-electron chi connectivity index (χ1n) is 31.8. The van der Waals surface area contributed by atoms with Gasteiger partial charge < -0.3 is 24.5 Å². The van der Waals surface area contributed by atoms with E-state index in [-0.39, 0.29) is 12.4 Å². The van der Waals surface area contributed by atoms with Gasteiger partial charge >= 0.3 is 0 Å². The van der Waals surface area contributed by atoms with Gasteiger partial charge in [-0.3, -0.25) is 0 Å². The molecule has 4 heterocycles. The maximum Gasteiger partial charge on any atom is 0.252 e. The second-order valence-corrected chi connectivity index (χ2v) is 25.3. The standard InChI is InChI=1S/C84H55B2F2N5S/c87-71-41-25-42-72(88)84(71)93-76-55-80-70(86-68-40-21-24-45-75(68)92(62-36-17-6-18-37-62)79-52-65(53-81(94-80)83(79)86)89(59-30-11-3-12-31-59)60-32-13-4-14-33-60)54-69(76)85-67-39-20-23-44-74(67)91(61-34-15-5-16-35-61)77-50-64(51-78(93)82(77)85)90(63-48-46-57(47-49-63)56-26-7-1-8-27-56)73-43-22-19-38-66(73)58-28-9-2-10-29-58/h1-55H. The molecule has 4 aliphatic heterocycles. The van der Waals surface area contributed by atoms with Crippen LogP contribution in [0.3, 0.4) is 0 Å². The highest BCUT2D eigenvalue weighted by molar-refractivity contribution is 8.00. The van der Waals surface area contributed by atoms with Crippen molar-refractivity contribution in [1.82, 2.24) is 0 Å². The number of benzene rings is 14. The third-order valence-electron chi connectivity index (χ3n) is 18.9. The van der Waals surface area contributed by atoms with Crippen LogP contribution in [-0.4, -0.2) is 13.4 Å². The van der Waals surface area contributed by atoms with E-state index in [1.54, 1.807) is 11.8 Å². The van der Waals surface area contributed by atoms with E-state index in [0.717, 1.165) is 122 Å². The van der Waals surface area contributed by atoms with Gasteiger partial charge in [-0.05, 0) is 165 Å². The summed E-state index contributed by atoms with van der Waals surface area (Å²) in [4.78, 5) is 13.4. The predicted molar refractivity (Wildman–Crippen MR) is 391 cm³/mol. The van der Waals surface area contributed by atoms with E-state index in [9.17, 15) is 0 Å². The summed E-state index contributed by atoms with van der Waals surface area (Å²) in [6.45, 7) is -0.623. The van der Waals surface area contributed by atoms with Gasteiger partial charge in [-0.25, -0.2) is 8.78 Å². The molecule has 0 aliphatic carbocycles. The molecule has 10 heteroatoms. The highest BCUT2D eigenvalue weighted by Gasteiger charge is 2.48. The van der Waals surface area contributed by atoms with Crippen molar-refractivity contribution in [3.8, 4) is 22.3 Å². The summed E-state index contributed by atoms with van der Waals surface area (Å²) < 4.78 is 35.7. The minimum absolute atomic E-state index is 0.149. The van der Waals surface area contributed by atoms with E-state index in [0.29, 0.717) is 11.4 Å². The lowest BCUT2D eigenvalue weighted by Gasteiger charge is -2.46. The van der Waals surface area contributed by atoms with Crippen molar-refractivity contribution < 1.29 is 8.78 Å². The van der Waals surface area contributed by atoms with Gasteiger partial charge in [0.15, 0.2) is 0 Å². The lowest BCUT2D eigenvalue weighted by atomic mass is 9.31. The average Bonchev–Trinajstić information content (AvgIpc) is 0.691. The van der Waals surface area contributed by atoms with Gasteiger partial charge in [0.05, 0.1) is 11.4 Å². The number of nitrogens with zero attached hydrogens (tertiary/aromatic N) is 5. The molecule has 0 radical (unpaired) electrons. The van der Waals surface area contributed by atoms with Crippen molar-refractivity contribution in [2.24, 2.45) is 0 Å². The summed E-state index contributed by atoms with van der Waals surface area (Å²) >= 11 is 1.73. The molecule has 4 aliphatic rings. The highest BCUT2D eigenvalue weighted by atomic mass is 32.2. The summed E-state index contributed by atoms with van der Waals surface area (Å²) in [6, 6.07) is 116. The Labute approximate surface area is 550 Å². The average molecular weight is 1230 g/mol. The number of halogens is 2. The zero-order valence-corrected chi connectivity index (χ0v) is 51.6. The van der Waals surface area contributed by atoms with Gasteiger partial charge in [0.2, 0.25) is 6.71 Å². The molecule has 0 saturated carbocycles. The first-order chi connectivity index (χ1) is 46.5. The Balaban J connectivity index is 0.924. The second kappa shape index (κ2) is 22.7. The van der Waals surface area contributed by atoms with Crippen LogP contribution in [-0.2, 0) is 0 Å². The summed E-state index contributed by atoms with van der Waals surface area (Å²) in [6.07, 6.45) is 0. The van der Waals surface area contributed by atoms with E-state index in [1.807, 2.05) is 23.1 Å². The highest BCUT2D eigenvalue weighted by Crippen LogP contribution is 2.53. The van der Waals surface area contributed by atoms with Crippen molar-refractivity contribution >= 4 is 143 Å². The van der Waals surface area contributed by atoms with Gasteiger partial charge in [0, 0.05) is 83.6 Å². The molecule has 0 bridgehead atoms. The lowest BCUT2D eigenvalue weighted by molar-refractivity contribution is 0.586. The number of hydrogen-bond donors (Lipinski definition) is 0. The Morgan fingerprint density at radius 3 is 1.31 bits per heavy atom. The van der Waals surface area contributed by atoms with Gasteiger partial charge in [0.25, 0.3) is 6.71 Å². The fourth-order valence-corrected chi connectivity index (χ4v) is 16.2. The van der Waals surface area contributed by atoms with E-state index >= 15 is 8.78 Å². The molecule has 18 rings (SSSR count). The maximum absolute atomic E-state index is 17.8. The van der Waals surface area contributed by atoms with Crippen LogP contribution >= 0.6 is 11.8 Å². The largest absolute Gasteiger partial charge is 0.311 e. The maximum atomic E-state index is 17.8. The van der Waals surface area contributed by atoms with Crippen molar-refractivity contribution in [2.75, 3.05) is 24.5 Å². The van der Waals surface area contributed by atoms with Crippen LogP contribution < -0.4 is 57.3 Å². The Bertz CT molecular complexity index is 5190.